The highest BCUT2D eigenvalue weighted by atomic mass is 32.1. The lowest BCUT2D eigenvalue weighted by Gasteiger charge is -2.25. The van der Waals surface area contributed by atoms with Gasteiger partial charge in [0.05, 0.1) is 10.8 Å². The Labute approximate surface area is 147 Å². The fraction of sp³-hybridized carbons (Fsp3) is 0.167. The molecule has 3 heterocycles. The molecule has 4 rings (SSSR count). The van der Waals surface area contributed by atoms with E-state index in [-0.39, 0.29) is 11.3 Å². The molecule has 0 amide bonds. The number of fused-ring (bicyclic) bond motifs is 1. The van der Waals surface area contributed by atoms with Crippen LogP contribution in [0.4, 0.5) is 5.69 Å². The maximum absolute atomic E-state index is 12.6. The zero-order valence-corrected chi connectivity index (χ0v) is 14.3. The Hall–Kier alpha value is -2.93. The molecule has 0 aliphatic carbocycles. The molecular weight excluding hydrogens is 338 g/mol. The number of hydrogen-bond donors (Lipinski definition) is 0. The van der Waals surface area contributed by atoms with Gasteiger partial charge in [-0.25, -0.2) is 4.99 Å². The lowest BCUT2D eigenvalue weighted by molar-refractivity contribution is 0.101. The summed E-state index contributed by atoms with van der Waals surface area (Å²) in [5.74, 6) is 0.678. The van der Waals surface area contributed by atoms with Gasteiger partial charge in [0.15, 0.2) is 10.6 Å². The topological polar surface area (TPSA) is 67.8 Å². The molecule has 2 aromatic heterocycles. The van der Waals surface area contributed by atoms with E-state index < -0.39 is 0 Å². The molecule has 0 fully saturated rings. The Bertz CT molecular complexity index is 1090. The van der Waals surface area contributed by atoms with E-state index in [0.717, 1.165) is 5.69 Å². The monoisotopic (exact) mass is 353 g/mol. The molecule has 1 aliphatic heterocycles. The lowest BCUT2D eigenvalue weighted by atomic mass is 10.1. The SMILES string of the molecule is CC(=O)c1ccc(N2CN=c3s/c(=C/c4ccco4)c(=O)n3C2)cc1. The number of ketones is 1. The van der Waals surface area contributed by atoms with E-state index >= 15 is 0 Å². The van der Waals surface area contributed by atoms with Crippen LogP contribution in [0, 0.1) is 0 Å². The highest BCUT2D eigenvalue weighted by molar-refractivity contribution is 7.07. The van der Waals surface area contributed by atoms with Gasteiger partial charge in [-0.2, -0.15) is 0 Å². The van der Waals surface area contributed by atoms with Gasteiger partial charge < -0.3 is 9.32 Å². The summed E-state index contributed by atoms with van der Waals surface area (Å²) in [6.07, 6.45) is 3.31. The molecule has 7 heteroatoms. The number of thiazole rings is 1. The third-order valence-corrected chi connectivity index (χ3v) is 5.08. The zero-order chi connectivity index (χ0) is 17.4. The molecule has 0 unspecified atom stereocenters. The molecule has 3 aromatic rings. The van der Waals surface area contributed by atoms with Gasteiger partial charge >= 0.3 is 0 Å². The summed E-state index contributed by atoms with van der Waals surface area (Å²) in [5.41, 5.74) is 1.51. The molecule has 0 saturated carbocycles. The van der Waals surface area contributed by atoms with Crippen LogP contribution >= 0.6 is 11.3 Å². The first kappa shape index (κ1) is 15.6. The van der Waals surface area contributed by atoms with E-state index in [4.69, 9.17) is 4.42 Å². The van der Waals surface area contributed by atoms with Crippen LogP contribution in [0.15, 0.2) is 56.9 Å². The summed E-state index contributed by atoms with van der Waals surface area (Å²) < 4.78 is 7.53. The molecule has 1 aromatic carbocycles. The highest BCUT2D eigenvalue weighted by Crippen LogP contribution is 2.17. The predicted molar refractivity (Wildman–Crippen MR) is 95.4 cm³/mol. The predicted octanol–water partition coefficient (Wildman–Crippen LogP) is 1.59. The molecule has 6 nitrogen and oxygen atoms in total. The number of Topliss-reactive ketones (excluding diaryl/α,β-unsaturated/α-hetero) is 1. The quantitative estimate of drug-likeness (QED) is 0.671. The Kier molecular flexibility index (Phi) is 3.85. The van der Waals surface area contributed by atoms with Gasteiger partial charge in [0.2, 0.25) is 0 Å². The average Bonchev–Trinajstić information content (AvgIpc) is 3.24. The van der Waals surface area contributed by atoms with Crippen molar-refractivity contribution in [2.75, 3.05) is 11.6 Å². The van der Waals surface area contributed by atoms with Gasteiger partial charge in [0.1, 0.15) is 19.1 Å². The number of nitrogens with zero attached hydrogens (tertiary/aromatic N) is 3. The van der Waals surface area contributed by atoms with E-state index in [1.54, 1.807) is 42.0 Å². The molecule has 1 aliphatic rings. The molecule has 0 spiro atoms. The summed E-state index contributed by atoms with van der Waals surface area (Å²) in [5, 5.41) is 0. The van der Waals surface area contributed by atoms with Crippen molar-refractivity contribution in [1.29, 1.82) is 0 Å². The first-order valence-corrected chi connectivity index (χ1v) is 8.59. The van der Waals surface area contributed by atoms with E-state index in [1.807, 2.05) is 23.1 Å². The van der Waals surface area contributed by atoms with E-state index in [9.17, 15) is 9.59 Å². The van der Waals surface area contributed by atoms with Gasteiger partial charge in [-0.15, -0.1) is 0 Å². The van der Waals surface area contributed by atoms with E-state index in [1.165, 1.54) is 11.3 Å². The van der Waals surface area contributed by atoms with Crippen molar-refractivity contribution in [2.45, 2.75) is 13.6 Å². The normalized spacial score (nSPS) is 14.3. The van der Waals surface area contributed by atoms with Crippen LogP contribution in [0.3, 0.4) is 0 Å². The number of anilines is 1. The van der Waals surface area contributed by atoms with Crippen LogP contribution in [-0.2, 0) is 6.67 Å². The lowest BCUT2D eigenvalue weighted by Crippen LogP contribution is -2.42. The van der Waals surface area contributed by atoms with Gasteiger partial charge in [-0.1, -0.05) is 11.3 Å². The molecule has 0 N–H and O–H groups in total. The average molecular weight is 353 g/mol. The minimum atomic E-state index is -0.0785. The number of carbonyl (C=O) groups excluding carboxylic acids is 1. The summed E-state index contributed by atoms with van der Waals surface area (Å²) in [4.78, 5) is 31.2. The van der Waals surface area contributed by atoms with Crippen LogP contribution < -0.4 is 19.8 Å². The number of hydrogen-bond acceptors (Lipinski definition) is 6. The second kappa shape index (κ2) is 6.18. The first-order chi connectivity index (χ1) is 12.1. The molecule has 126 valence electrons. The Balaban J connectivity index is 1.67. The largest absolute Gasteiger partial charge is 0.465 e. The molecule has 0 bridgehead atoms. The van der Waals surface area contributed by atoms with Crippen molar-refractivity contribution in [3.8, 4) is 0 Å². The van der Waals surface area contributed by atoms with Crippen molar-refractivity contribution >= 4 is 28.9 Å². The molecule has 0 radical (unpaired) electrons. The van der Waals surface area contributed by atoms with Gasteiger partial charge in [0.25, 0.3) is 5.56 Å². The maximum atomic E-state index is 12.6. The summed E-state index contributed by atoms with van der Waals surface area (Å²) in [7, 11) is 0. The smallest absolute Gasteiger partial charge is 0.271 e. The Morgan fingerprint density at radius 2 is 2.08 bits per heavy atom. The van der Waals surface area contributed by atoms with Crippen molar-refractivity contribution in [3.05, 3.63) is 73.7 Å². The maximum Gasteiger partial charge on any atom is 0.271 e. The number of benzene rings is 1. The highest BCUT2D eigenvalue weighted by Gasteiger charge is 2.16. The van der Waals surface area contributed by atoms with Crippen LogP contribution in [0.2, 0.25) is 0 Å². The van der Waals surface area contributed by atoms with Crippen LogP contribution in [0.25, 0.3) is 6.08 Å². The standard InChI is InChI=1S/C18H15N3O3S/c1-12(22)13-4-6-14(7-5-13)20-10-19-18-21(11-20)17(23)16(25-18)9-15-3-2-8-24-15/h2-9H,10-11H2,1H3/b16-9+. The second-order valence-corrected chi connectivity index (χ2v) is 6.73. The Morgan fingerprint density at radius 3 is 2.76 bits per heavy atom. The van der Waals surface area contributed by atoms with Gasteiger partial charge in [-0.3, -0.25) is 14.2 Å². The van der Waals surface area contributed by atoms with E-state index in [0.29, 0.717) is 34.0 Å². The third-order valence-electron chi connectivity index (χ3n) is 4.03. The van der Waals surface area contributed by atoms with Crippen molar-refractivity contribution in [3.63, 3.8) is 0 Å². The van der Waals surface area contributed by atoms with Crippen molar-refractivity contribution in [2.24, 2.45) is 4.99 Å². The number of carbonyl (C=O) groups is 1. The van der Waals surface area contributed by atoms with Crippen LogP contribution in [0.1, 0.15) is 23.0 Å². The first-order valence-electron chi connectivity index (χ1n) is 7.77. The van der Waals surface area contributed by atoms with Gasteiger partial charge in [-0.05, 0) is 43.3 Å². The minimum Gasteiger partial charge on any atom is -0.465 e. The summed E-state index contributed by atoms with van der Waals surface area (Å²) in [6, 6.07) is 10.9. The summed E-state index contributed by atoms with van der Waals surface area (Å²) in [6.45, 7) is 2.44. The van der Waals surface area contributed by atoms with Crippen molar-refractivity contribution in [1.82, 2.24) is 4.57 Å². The second-order valence-electron chi connectivity index (χ2n) is 5.73. The van der Waals surface area contributed by atoms with E-state index in [2.05, 4.69) is 4.99 Å². The molecular formula is C18H15N3O3S. The third kappa shape index (κ3) is 2.94. The molecule has 25 heavy (non-hydrogen) atoms. The summed E-state index contributed by atoms with van der Waals surface area (Å²) >= 11 is 1.36. The fourth-order valence-electron chi connectivity index (χ4n) is 2.68. The fourth-order valence-corrected chi connectivity index (χ4v) is 3.63. The minimum absolute atomic E-state index is 0.0318. The number of aromatic nitrogens is 1. The molecule has 0 atom stereocenters. The zero-order valence-electron chi connectivity index (χ0n) is 13.5. The molecule has 0 saturated heterocycles. The van der Waals surface area contributed by atoms with Crippen molar-refractivity contribution < 1.29 is 9.21 Å². The Morgan fingerprint density at radius 1 is 1.28 bits per heavy atom. The van der Waals surface area contributed by atoms with Gasteiger partial charge in [0, 0.05) is 17.3 Å². The van der Waals surface area contributed by atoms with Crippen LogP contribution in [-0.4, -0.2) is 17.0 Å². The van der Waals surface area contributed by atoms with Crippen LogP contribution in [0.5, 0.6) is 0 Å². The number of furan rings is 1. The number of rotatable bonds is 3.